The van der Waals surface area contributed by atoms with E-state index in [4.69, 9.17) is 0 Å². The van der Waals surface area contributed by atoms with Crippen molar-refractivity contribution < 1.29 is 9.72 Å². The molecule has 0 saturated carbocycles. The van der Waals surface area contributed by atoms with Gasteiger partial charge in [0.15, 0.2) is 5.78 Å². The number of allylic oxidation sites excluding steroid dienone is 3. The summed E-state index contributed by atoms with van der Waals surface area (Å²) in [6, 6.07) is 16.8. The van der Waals surface area contributed by atoms with Crippen LogP contribution in [0, 0.1) is 21.4 Å². The normalized spacial score (nSPS) is 16.0. The number of ketones is 1. The number of nitro benzene ring substituents is 1. The van der Waals surface area contributed by atoms with Gasteiger partial charge in [0.05, 0.1) is 27.5 Å². The molecule has 1 atom stereocenters. The first-order valence-electron chi connectivity index (χ1n) is 9.93. The highest BCUT2D eigenvalue weighted by Crippen LogP contribution is 2.41. The summed E-state index contributed by atoms with van der Waals surface area (Å²) in [4.78, 5) is 23.1. The van der Waals surface area contributed by atoms with E-state index >= 15 is 0 Å². The second-order valence-corrected chi connectivity index (χ2v) is 8.30. The quantitative estimate of drug-likeness (QED) is 0.465. The number of nitrogens with zero attached hydrogens (tertiary/aromatic N) is 2. The fourth-order valence-corrected chi connectivity index (χ4v) is 4.72. The number of Topliss-reactive ketones (excluding diaryl/α,β-unsaturated/α-hetero) is 1. The monoisotopic (exact) mass is 433 g/mol. The van der Waals surface area contributed by atoms with Crippen LogP contribution < -0.4 is 5.32 Å². The SMILES string of the molecule is CCc1ccc([C@H]2C(C#N)=C(SCc3cccc([N+](=O)[O-])c3)NC(C)=C2C(C)=O)cc1. The fraction of sp³-hybridized carbons (Fsp3) is 0.250. The van der Waals surface area contributed by atoms with Crippen LogP contribution in [0.15, 0.2) is 70.4 Å². The highest BCUT2D eigenvalue weighted by atomic mass is 32.2. The van der Waals surface area contributed by atoms with Crippen molar-refractivity contribution in [3.8, 4) is 6.07 Å². The molecule has 0 fully saturated rings. The lowest BCUT2D eigenvalue weighted by Crippen LogP contribution is -2.27. The molecule has 2 aromatic rings. The van der Waals surface area contributed by atoms with Crippen molar-refractivity contribution in [2.24, 2.45) is 0 Å². The van der Waals surface area contributed by atoms with Crippen molar-refractivity contribution in [1.82, 2.24) is 5.32 Å². The maximum absolute atomic E-state index is 12.5. The molecule has 1 N–H and O–H groups in total. The summed E-state index contributed by atoms with van der Waals surface area (Å²) < 4.78 is 0. The predicted octanol–water partition coefficient (Wildman–Crippen LogP) is 5.38. The summed E-state index contributed by atoms with van der Waals surface area (Å²) in [5.74, 6) is -0.0633. The first-order chi connectivity index (χ1) is 14.8. The Labute approximate surface area is 185 Å². The molecule has 158 valence electrons. The van der Waals surface area contributed by atoms with Gasteiger partial charge in [-0.3, -0.25) is 14.9 Å². The van der Waals surface area contributed by atoms with Gasteiger partial charge in [0, 0.05) is 29.2 Å². The summed E-state index contributed by atoms with van der Waals surface area (Å²) in [6.07, 6.45) is 0.909. The molecule has 1 aliphatic rings. The lowest BCUT2D eigenvalue weighted by Gasteiger charge is -2.29. The van der Waals surface area contributed by atoms with E-state index in [1.54, 1.807) is 6.07 Å². The van der Waals surface area contributed by atoms with Gasteiger partial charge in [-0.15, -0.1) is 11.8 Å². The first-order valence-corrected chi connectivity index (χ1v) is 10.9. The molecule has 0 amide bonds. The maximum atomic E-state index is 12.5. The number of benzene rings is 2. The van der Waals surface area contributed by atoms with Gasteiger partial charge in [0.2, 0.25) is 0 Å². The molecule has 0 saturated heterocycles. The molecule has 7 heteroatoms. The summed E-state index contributed by atoms with van der Waals surface area (Å²) in [7, 11) is 0. The number of non-ortho nitro benzene ring substituents is 1. The maximum Gasteiger partial charge on any atom is 0.269 e. The van der Waals surface area contributed by atoms with E-state index in [1.807, 2.05) is 37.3 Å². The van der Waals surface area contributed by atoms with Crippen LogP contribution in [0.2, 0.25) is 0 Å². The average Bonchev–Trinajstić information content (AvgIpc) is 2.77. The van der Waals surface area contributed by atoms with E-state index in [0.717, 1.165) is 23.2 Å². The lowest BCUT2D eigenvalue weighted by molar-refractivity contribution is -0.384. The summed E-state index contributed by atoms with van der Waals surface area (Å²) in [5.41, 5.74) is 4.69. The van der Waals surface area contributed by atoms with E-state index in [1.165, 1.54) is 36.4 Å². The Balaban J connectivity index is 1.98. The van der Waals surface area contributed by atoms with Crippen molar-refractivity contribution in [3.05, 3.63) is 97.2 Å². The number of hydrogen-bond donors (Lipinski definition) is 1. The van der Waals surface area contributed by atoms with Crippen molar-refractivity contribution in [2.75, 3.05) is 0 Å². The van der Waals surface area contributed by atoms with Crippen molar-refractivity contribution in [1.29, 1.82) is 5.26 Å². The largest absolute Gasteiger partial charge is 0.353 e. The van der Waals surface area contributed by atoms with Crippen molar-refractivity contribution in [2.45, 2.75) is 38.9 Å². The molecule has 0 aromatic heterocycles. The van der Waals surface area contributed by atoms with Crippen LogP contribution in [0.25, 0.3) is 0 Å². The minimum absolute atomic E-state index is 0.0352. The van der Waals surface area contributed by atoms with Gasteiger partial charge >= 0.3 is 0 Å². The molecular formula is C24H23N3O3S. The number of carbonyl (C=O) groups is 1. The first kappa shape index (κ1) is 22.3. The average molecular weight is 434 g/mol. The number of carbonyl (C=O) groups excluding carboxylic acids is 1. The third-order valence-electron chi connectivity index (χ3n) is 5.25. The van der Waals surface area contributed by atoms with E-state index in [2.05, 4.69) is 18.3 Å². The van der Waals surface area contributed by atoms with Crippen LogP contribution in [0.3, 0.4) is 0 Å². The molecule has 0 spiro atoms. The third kappa shape index (κ3) is 4.86. The molecule has 6 nitrogen and oxygen atoms in total. The molecule has 1 heterocycles. The molecule has 31 heavy (non-hydrogen) atoms. The zero-order valence-corrected chi connectivity index (χ0v) is 18.5. The molecule has 3 rings (SSSR count). The number of nitro groups is 1. The van der Waals surface area contributed by atoms with Gasteiger partial charge in [-0.05, 0) is 37.0 Å². The Hall–Kier alpha value is -3.37. The molecule has 0 unspecified atom stereocenters. The smallest absolute Gasteiger partial charge is 0.269 e. The number of dihydropyridines is 1. The topological polar surface area (TPSA) is 96.0 Å². The van der Waals surface area contributed by atoms with E-state index in [0.29, 0.717) is 21.9 Å². The minimum atomic E-state index is -0.442. The van der Waals surface area contributed by atoms with Crippen LogP contribution in [0.5, 0.6) is 0 Å². The lowest BCUT2D eigenvalue weighted by atomic mass is 9.81. The Kier molecular flexibility index (Phi) is 6.93. The Bertz CT molecular complexity index is 1130. The van der Waals surface area contributed by atoms with Crippen LogP contribution >= 0.6 is 11.8 Å². The molecule has 1 aliphatic heterocycles. The van der Waals surface area contributed by atoms with Crippen LogP contribution in [-0.2, 0) is 17.0 Å². The molecular weight excluding hydrogens is 410 g/mol. The zero-order chi connectivity index (χ0) is 22.5. The predicted molar refractivity (Wildman–Crippen MR) is 122 cm³/mol. The van der Waals surface area contributed by atoms with Crippen LogP contribution in [0.1, 0.15) is 43.4 Å². The van der Waals surface area contributed by atoms with E-state index in [9.17, 15) is 20.2 Å². The standard InChI is InChI=1S/C24H23N3O3S/c1-4-17-8-10-19(11-9-17)23-21(13-25)24(26-15(2)22(23)16(3)28)31-14-18-6-5-7-20(12-18)27(29)30/h5-12,23,26H,4,14H2,1-3H3/t23-/m0/s1. The summed E-state index contributed by atoms with van der Waals surface area (Å²) in [5, 5.41) is 24.9. The number of rotatable bonds is 7. The fourth-order valence-electron chi connectivity index (χ4n) is 3.69. The molecule has 0 bridgehead atoms. The number of nitrogens with one attached hydrogen (secondary N) is 1. The van der Waals surface area contributed by atoms with Crippen LogP contribution in [0.4, 0.5) is 5.69 Å². The van der Waals surface area contributed by atoms with Gasteiger partial charge in [0.25, 0.3) is 5.69 Å². The van der Waals surface area contributed by atoms with E-state index < -0.39 is 10.8 Å². The number of hydrogen-bond acceptors (Lipinski definition) is 6. The van der Waals surface area contributed by atoms with Gasteiger partial charge in [-0.1, -0.05) is 43.3 Å². The Morgan fingerprint density at radius 1 is 1.23 bits per heavy atom. The second-order valence-electron chi connectivity index (χ2n) is 7.32. The van der Waals surface area contributed by atoms with Gasteiger partial charge < -0.3 is 5.32 Å². The minimum Gasteiger partial charge on any atom is -0.353 e. The summed E-state index contributed by atoms with van der Waals surface area (Å²) >= 11 is 1.41. The van der Waals surface area contributed by atoms with Gasteiger partial charge in [0.1, 0.15) is 0 Å². The van der Waals surface area contributed by atoms with Gasteiger partial charge in [-0.25, -0.2) is 0 Å². The molecule has 2 aromatic carbocycles. The Morgan fingerprint density at radius 2 is 1.94 bits per heavy atom. The highest BCUT2D eigenvalue weighted by Gasteiger charge is 2.33. The van der Waals surface area contributed by atoms with Crippen molar-refractivity contribution >= 4 is 23.2 Å². The van der Waals surface area contributed by atoms with Gasteiger partial charge in [-0.2, -0.15) is 5.26 Å². The molecule has 0 radical (unpaired) electrons. The Morgan fingerprint density at radius 3 is 2.52 bits per heavy atom. The van der Waals surface area contributed by atoms with Crippen LogP contribution in [-0.4, -0.2) is 10.7 Å². The zero-order valence-electron chi connectivity index (χ0n) is 17.6. The molecule has 0 aliphatic carbocycles. The number of thioether (sulfide) groups is 1. The van der Waals surface area contributed by atoms with E-state index in [-0.39, 0.29) is 11.5 Å². The van der Waals surface area contributed by atoms with Crippen molar-refractivity contribution in [3.63, 3.8) is 0 Å². The third-order valence-corrected chi connectivity index (χ3v) is 6.34. The summed E-state index contributed by atoms with van der Waals surface area (Å²) in [6.45, 7) is 5.43. The second kappa shape index (κ2) is 9.63. The number of aryl methyl sites for hydroxylation is 1. The highest BCUT2D eigenvalue weighted by molar-refractivity contribution is 8.02. The number of nitriles is 1.